The van der Waals surface area contributed by atoms with E-state index in [1.165, 1.54) is 18.3 Å². The topological polar surface area (TPSA) is 120 Å². The number of hydrogen-bond donors (Lipinski definition) is 1. The van der Waals surface area contributed by atoms with E-state index in [1.54, 1.807) is 33.8 Å². The number of nitrogens with one attached hydrogen (secondary N) is 1. The fourth-order valence-electron chi connectivity index (χ4n) is 4.23. The number of nitrogens with zero attached hydrogens (tertiary/aromatic N) is 4. The number of ether oxygens (including phenoxy) is 1. The zero-order chi connectivity index (χ0) is 25.9. The number of piperidine rings is 1. The highest BCUT2D eigenvalue weighted by Crippen LogP contribution is 2.33. The van der Waals surface area contributed by atoms with Gasteiger partial charge >= 0.3 is 6.09 Å². The Labute approximate surface area is 209 Å². The number of amides is 2. The van der Waals surface area contributed by atoms with Crippen molar-refractivity contribution in [3.05, 3.63) is 82.2 Å². The summed E-state index contributed by atoms with van der Waals surface area (Å²) in [5.41, 5.74) is 1.81. The molecule has 188 valence electrons. The molecule has 0 saturated carbocycles. The largest absolute Gasteiger partial charge is 0.444 e. The van der Waals surface area contributed by atoms with Crippen molar-refractivity contribution >= 4 is 23.4 Å². The predicted octanol–water partition coefficient (Wildman–Crippen LogP) is 5.15. The predicted molar refractivity (Wildman–Crippen MR) is 134 cm³/mol. The molecule has 1 fully saturated rings. The smallest absolute Gasteiger partial charge is 0.410 e. The first-order valence-electron chi connectivity index (χ1n) is 11.8. The third kappa shape index (κ3) is 5.70. The zero-order valence-corrected chi connectivity index (χ0v) is 20.5. The number of non-ortho nitro benzene ring substituents is 1. The number of carbonyl (C=O) groups is 2. The first-order valence-corrected chi connectivity index (χ1v) is 11.8. The van der Waals surface area contributed by atoms with Crippen molar-refractivity contribution in [2.45, 2.75) is 45.1 Å². The maximum atomic E-state index is 13.3. The minimum absolute atomic E-state index is 0.0276. The standard InChI is InChI=1S/C26H29N5O5/c1-26(2,3)36-25(33)29-15-13-18(14-16-29)23-22(24(32)28-19-7-5-4-6-8-19)17-27-30(23)20-9-11-21(12-10-20)31(34)35/h4-12,17-18H,13-16H2,1-3H3,(H,28,32). The van der Waals surface area contributed by atoms with Crippen LogP contribution in [0.2, 0.25) is 0 Å². The maximum Gasteiger partial charge on any atom is 0.410 e. The summed E-state index contributed by atoms with van der Waals surface area (Å²) in [6, 6.07) is 15.2. The van der Waals surface area contributed by atoms with Crippen LogP contribution in [0.1, 0.15) is 55.6 Å². The quantitative estimate of drug-likeness (QED) is 0.389. The Morgan fingerprint density at radius 1 is 1.06 bits per heavy atom. The van der Waals surface area contributed by atoms with Crippen LogP contribution in [0.25, 0.3) is 5.69 Å². The third-order valence-corrected chi connectivity index (χ3v) is 5.92. The van der Waals surface area contributed by atoms with Gasteiger partial charge in [0.1, 0.15) is 5.60 Å². The van der Waals surface area contributed by atoms with Gasteiger partial charge in [-0.3, -0.25) is 14.9 Å². The third-order valence-electron chi connectivity index (χ3n) is 5.92. The van der Waals surface area contributed by atoms with Crippen molar-refractivity contribution < 1.29 is 19.2 Å². The van der Waals surface area contributed by atoms with Crippen molar-refractivity contribution in [2.24, 2.45) is 0 Å². The van der Waals surface area contributed by atoms with E-state index in [2.05, 4.69) is 10.4 Å². The first kappa shape index (κ1) is 24.9. The van der Waals surface area contributed by atoms with Gasteiger partial charge in [0.25, 0.3) is 11.6 Å². The molecular weight excluding hydrogens is 462 g/mol. The van der Waals surface area contributed by atoms with Gasteiger partial charge in [0, 0.05) is 36.8 Å². The van der Waals surface area contributed by atoms with Gasteiger partial charge in [-0.25, -0.2) is 9.48 Å². The van der Waals surface area contributed by atoms with Crippen molar-refractivity contribution in [3.8, 4) is 5.69 Å². The van der Waals surface area contributed by atoms with E-state index in [0.717, 1.165) is 0 Å². The molecule has 1 aromatic heterocycles. The van der Waals surface area contributed by atoms with E-state index in [9.17, 15) is 19.7 Å². The number of aromatic nitrogens is 2. The Kier molecular flexibility index (Phi) is 7.05. The summed E-state index contributed by atoms with van der Waals surface area (Å²) in [5.74, 6) is -0.350. The Balaban J connectivity index is 1.62. The summed E-state index contributed by atoms with van der Waals surface area (Å²) >= 11 is 0. The van der Waals surface area contributed by atoms with Crippen molar-refractivity contribution in [3.63, 3.8) is 0 Å². The number of anilines is 1. The van der Waals surface area contributed by atoms with Gasteiger partial charge in [-0.15, -0.1) is 0 Å². The van der Waals surface area contributed by atoms with Crippen molar-refractivity contribution in [1.82, 2.24) is 14.7 Å². The molecular formula is C26H29N5O5. The Morgan fingerprint density at radius 3 is 2.28 bits per heavy atom. The average molecular weight is 492 g/mol. The number of hydrogen-bond acceptors (Lipinski definition) is 6. The highest BCUT2D eigenvalue weighted by atomic mass is 16.6. The molecule has 4 rings (SSSR count). The monoisotopic (exact) mass is 491 g/mol. The maximum absolute atomic E-state index is 13.3. The van der Waals surface area contributed by atoms with Gasteiger partial charge in [0.05, 0.1) is 28.1 Å². The van der Waals surface area contributed by atoms with E-state index in [1.807, 2.05) is 39.0 Å². The molecule has 1 aliphatic rings. The number of carbonyl (C=O) groups excluding carboxylic acids is 2. The van der Waals surface area contributed by atoms with Crippen LogP contribution in [-0.4, -0.2) is 50.3 Å². The number of nitro groups is 1. The molecule has 0 spiro atoms. The van der Waals surface area contributed by atoms with Crippen molar-refractivity contribution in [1.29, 1.82) is 0 Å². The molecule has 0 unspecified atom stereocenters. The molecule has 1 saturated heterocycles. The van der Waals surface area contributed by atoms with Crippen molar-refractivity contribution in [2.75, 3.05) is 18.4 Å². The normalized spacial score (nSPS) is 14.4. The molecule has 2 aromatic carbocycles. The molecule has 1 aliphatic heterocycles. The van der Waals surface area contributed by atoms with Crippen LogP contribution in [0.4, 0.5) is 16.2 Å². The van der Waals surface area contributed by atoms with E-state index < -0.39 is 10.5 Å². The van der Waals surface area contributed by atoms with Gasteiger partial charge in [0.15, 0.2) is 0 Å². The van der Waals surface area contributed by atoms with Crippen LogP contribution >= 0.6 is 0 Å². The van der Waals surface area contributed by atoms with Crippen LogP contribution in [0.3, 0.4) is 0 Å². The molecule has 0 radical (unpaired) electrons. The van der Waals surface area contributed by atoms with E-state index >= 15 is 0 Å². The molecule has 2 heterocycles. The summed E-state index contributed by atoms with van der Waals surface area (Å²) in [4.78, 5) is 38.1. The van der Waals surface area contributed by atoms with E-state index in [-0.39, 0.29) is 23.6 Å². The second kappa shape index (κ2) is 10.2. The highest BCUT2D eigenvalue weighted by Gasteiger charge is 2.32. The Hall–Kier alpha value is -4.21. The Bertz CT molecular complexity index is 1240. The summed E-state index contributed by atoms with van der Waals surface area (Å²) < 4.78 is 7.17. The Morgan fingerprint density at radius 2 is 1.69 bits per heavy atom. The molecule has 0 bridgehead atoms. The van der Waals surface area contributed by atoms with Gasteiger partial charge in [-0.1, -0.05) is 18.2 Å². The van der Waals surface area contributed by atoms with Gasteiger partial charge in [-0.2, -0.15) is 5.10 Å². The lowest BCUT2D eigenvalue weighted by atomic mass is 9.90. The minimum Gasteiger partial charge on any atom is -0.444 e. The number of likely N-dealkylation sites (tertiary alicyclic amines) is 1. The number of nitro benzene ring substituents is 1. The average Bonchev–Trinajstić information content (AvgIpc) is 3.29. The summed E-state index contributed by atoms with van der Waals surface area (Å²) in [6.45, 7) is 6.45. The lowest BCUT2D eigenvalue weighted by Gasteiger charge is -2.34. The minimum atomic E-state index is -0.578. The molecule has 1 N–H and O–H groups in total. The summed E-state index contributed by atoms with van der Waals surface area (Å²) in [6.07, 6.45) is 2.40. The van der Waals surface area contributed by atoms with Gasteiger partial charge in [-0.05, 0) is 57.9 Å². The zero-order valence-electron chi connectivity index (χ0n) is 20.5. The molecule has 0 atom stereocenters. The van der Waals surface area contributed by atoms with Gasteiger partial charge < -0.3 is 15.0 Å². The van der Waals surface area contributed by atoms with Crippen LogP contribution in [0, 0.1) is 10.1 Å². The second-order valence-electron chi connectivity index (χ2n) is 9.69. The van der Waals surface area contributed by atoms with Crippen LogP contribution in [-0.2, 0) is 4.74 Å². The van der Waals surface area contributed by atoms with Gasteiger partial charge in [0.2, 0.25) is 0 Å². The lowest BCUT2D eigenvalue weighted by Crippen LogP contribution is -2.41. The lowest BCUT2D eigenvalue weighted by molar-refractivity contribution is -0.384. The number of benzene rings is 2. The van der Waals surface area contributed by atoms with Crippen LogP contribution in [0.15, 0.2) is 60.8 Å². The van der Waals surface area contributed by atoms with E-state index in [4.69, 9.17) is 4.74 Å². The highest BCUT2D eigenvalue weighted by molar-refractivity contribution is 6.05. The number of para-hydroxylation sites is 1. The first-order chi connectivity index (χ1) is 17.1. The fraction of sp³-hybridized carbons (Fsp3) is 0.346. The van der Waals surface area contributed by atoms with Crippen LogP contribution in [0.5, 0.6) is 0 Å². The molecule has 10 nitrogen and oxygen atoms in total. The van der Waals surface area contributed by atoms with E-state index in [0.29, 0.717) is 48.6 Å². The summed E-state index contributed by atoms with van der Waals surface area (Å²) in [5, 5.41) is 18.5. The molecule has 10 heteroatoms. The summed E-state index contributed by atoms with van der Waals surface area (Å²) in [7, 11) is 0. The van der Waals surface area contributed by atoms with Crippen LogP contribution < -0.4 is 5.32 Å². The number of rotatable bonds is 5. The molecule has 0 aliphatic carbocycles. The molecule has 36 heavy (non-hydrogen) atoms. The molecule has 2 amide bonds. The second-order valence-corrected chi connectivity index (χ2v) is 9.69. The SMILES string of the molecule is CC(C)(C)OC(=O)N1CCC(c2c(C(=O)Nc3ccccc3)cnn2-c2ccc([N+](=O)[O-])cc2)CC1. The molecule has 3 aromatic rings. The fourth-order valence-corrected chi connectivity index (χ4v) is 4.23.